The summed E-state index contributed by atoms with van der Waals surface area (Å²) in [5, 5.41) is 2.00. The number of carbonyl (C=O) groups is 2. The number of benzene rings is 1. The maximum Gasteiger partial charge on any atom is 0.242 e. The van der Waals surface area contributed by atoms with Crippen molar-refractivity contribution in [1.29, 1.82) is 0 Å². The minimum atomic E-state index is -0.0835. The maximum absolute atomic E-state index is 13.3. The number of rotatable bonds is 13. The average Bonchev–Trinajstić information content (AvgIpc) is 3.47. The molecule has 1 aromatic carbocycles. The zero-order valence-corrected chi connectivity index (χ0v) is 19.6. The lowest BCUT2D eigenvalue weighted by Gasteiger charge is -2.27. The number of carbonyl (C=O) groups excluding carboxylic acids is 2. The Hall–Kier alpha value is -2.80. The fourth-order valence-corrected chi connectivity index (χ4v) is 4.34. The van der Waals surface area contributed by atoms with E-state index < -0.39 is 0 Å². The minimum absolute atomic E-state index is 0.00788. The van der Waals surface area contributed by atoms with E-state index in [1.807, 2.05) is 35.7 Å². The highest BCUT2D eigenvalue weighted by atomic mass is 32.1. The Morgan fingerprint density at radius 3 is 2.66 bits per heavy atom. The van der Waals surface area contributed by atoms with Crippen LogP contribution in [0.5, 0.6) is 11.5 Å². The first-order valence-corrected chi connectivity index (χ1v) is 12.1. The second-order valence-corrected chi connectivity index (χ2v) is 8.92. The molecule has 1 aliphatic rings. The van der Waals surface area contributed by atoms with Gasteiger partial charge in [-0.1, -0.05) is 44.4 Å². The second-order valence-electron chi connectivity index (χ2n) is 7.89. The number of hydrogen-bond donors (Lipinski definition) is 0. The molecule has 0 atom stereocenters. The molecule has 0 saturated carbocycles. The van der Waals surface area contributed by atoms with E-state index in [1.54, 1.807) is 27.2 Å². The molecule has 3 rings (SSSR count). The number of amides is 2. The topological polar surface area (TPSA) is 59.1 Å². The lowest BCUT2D eigenvalue weighted by atomic mass is 10.1. The van der Waals surface area contributed by atoms with Gasteiger partial charge in [-0.05, 0) is 35.6 Å². The van der Waals surface area contributed by atoms with Crippen LogP contribution < -0.4 is 9.47 Å². The molecule has 2 heterocycles. The normalized spacial score (nSPS) is 11.9. The first-order valence-electron chi connectivity index (χ1n) is 11.2. The van der Waals surface area contributed by atoms with Crippen LogP contribution in [-0.4, -0.2) is 41.5 Å². The van der Waals surface area contributed by atoms with E-state index in [-0.39, 0.29) is 25.2 Å². The van der Waals surface area contributed by atoms with Crippen LogP contribution in [0.2, 0.25) is 0 Å². The van der Waals surface area contributed by atoms with Gasteiger partial charge in [-0.25, -0.2) is 0 Å². The third kappa shape index (κ3) is 6.85. The Morgan fingerprint density at radius 2 is 1.91 bits per heavy atom. The van der Waals surface area contributed by atoms with Gasteiger partial charge in [-0.3, -0.25) is 9.59 Å². The van der Waals surface area contributed by atoms with Crippen LogP contribution in [0.25, 0.3) is 0 Å². The standard InChI is InChI=1S/C25H32N2O4S/c1-3-5-6-7-10-24(28)26(13-4-2)18-25(29)27(17-21-9-8-14-32-21)16-20-11-12-22-23(15-20)31-19-30-22/h4,8-9,11-12,14-15H,2-3,5-7,10,13,16-19H2,1H3. The van der Waals surface area contributed by atoms with Gasteiger partial charge in [0.15, 0.2) is 11.5 Å². The molecule has 2 aromatic rings. The van der Waals surface area contributed by atoms with Gasteiger partial charge >= 0.3 is 0 Å². The van der Waals surface area contributed by atoms with Crippen LogP contribution in [0.3, 0.4) is 0 Å². The zero-order valence-electron chi connectivity index (χ0n) is 18.8. The molecular weight excluding hydrogens is 424 g/mol. The zero-order chi connectivity index (χ0) is 22.8. The van der Waals surface area contributed by atoms with Crippen molar-refractivity contribution in [1.82, 2.24) is 9.80 Å². The van der Waals surface area contributed by atoms with Crippen LogP contribution in [0.4, 0.5) is 0 Å². The Bertz CT molecular complexity index is 897. The largest absolute Gasteiger partial charge is 0.454 e. The summed E-state index contributed by atoms with van der Waals surface area (Å²) < 4.78 is 10.9. The molecule has 0 spiro atoms. The third-order valence-corrected chi connectivity index (χ3v) is 6.22. The summed E-state index contributed by atoms with van der Waals surface area (Å²) in [6.45, 7) is 7.47. The number of hydrogen-bond acceptors (Lipinski definition) is 5. The minimum Gasteiger partial charge on any atom is -0.454 e. The lowest BCUT2D eigenvalue weighted by molar-refractivity contribution is -0.140. The van der Waals surface area contributed by atoms with E-state index in [9.17, 15) is 9.59 Å². The first-order chi connectivity index (χ1) is 15.6. The van der Waals surface area contributed by atoms with E-state index in [0.717, 1.165) is 41.9 Å². The summed E-state index contributed by atoms with van der Waals surface area (Å²) in [5.74, 6) is 1.34. The number of ether oxygens (including phenoxy) is 2. The molecule has 0 aliphatic carbocycles. The Kier molecular flexibility index (Phi) is 9.16. The molecule has 32 heavy (non-hydrogen) atoms. The quantitative estimate of drug-likeness (QED) is 0.315. The predicted molar refractivity (Wildman–Crippen MR) is 127 cm³/mol. The summed E-state index contributed by atoms with van der Waals surface area (Å²) in [6, 6.07) is 9.73. The molecule has 2 amide bonds. The molecule has 0 saturated heterocycles. The second kappa shape index (κ2) is 12.3. The Morgan fingerprint density at radius 1 is 1.06 bits per heavy atom. The van der Waals surface area contributed by atoms with Crippen molar-refractivity contribution in [3.05, 3.63) is 58.8 Å². The maximum atomic E-state index is 13.3. The van der Waals surface area contributed by atoms with Crippen LogP contribution in [0, 0.1) is 0 Å². The van der Waals surface area contributed by atoms with E-state index in [4.69, 9.17) is 9.47 Å². The monoisotopic (exact) mass is 456 g/mol. The number of unbranched alkanes of at least 4 members (excludes halogenated alkanes) is 3. The van der Waals surface area contributed by atoms with E-state index in [1.165, 1.54) is 0 Å². The molecule has 6 nitrogen and oxygen atoms in total. The predicted octanol–water partition coefficient (Wildman–Crippen LogP) is 4.99. The molecule has 0 bridgehead atoms. The highest BCUT2D eigenvalue weighted by molar-refractivity contribution is 7.09. The van der Waals surface area contributed by atoms with Crippen LogP contribution in [0.15, 0.2) is 48.4 Å². The van der Waals surface area contributed by atoms with Crippen molar-refractivity contribution < 1.29 is 19.1 Å². The summed E-state index contributed by atoms with van der Waals surface area (Å²) in [5.41, 5.74) is 0.959. The molecule has 0 unspecified atom stereocenters. The third-order valence-electron chi connectivity index (χ3n) is 5.36. The van der Waals surface area contributed by atoms with Gasteiger partial charge in [0.25, 0.3) is 0 Å². The van der Waals surface area contributed by atoms with Crippen LogP contribution in [0.1, 0.15) is 49.5 Å². The molecule has 0 N–H and O–H groups in total. The summed E-state index contributed by atoms with van der Waals surface area (Å²) in [7, 11) is 0. The molecular formula is C25H32N2O4S. The number of fused-ring (bicyclic) bond motifs is 1. The van der Waals surface area contributed by atoms with Gasteiger partial charge in [-0.2, -0.15) is 0 Å². The molecule has 1 aliphatic heterocycles. The van der Waals surface area contributed by atoms with Gasteiger partial charge in [0.1, 0.15) is 6.54 Å². The summed E-state index contributed by atoms with van der Waals surface area (Å²) in [6.07, 6.45) is 6.28. The van der Waals surface area contributed by atoms with E-state index in [0.29, 0.717) is 31.8 Å². The van der Waals surface area contributed by atoms with Gasteiger partial charge in [0.2, 0.25) is 18.6 Å². The van der Waals surface area contributed by atoms with Crippen molar-refractivity contribution in [3.63, 3.8) is 0 Å². The van der Waals surface area contributed by atoms with Gasteiger partial charge in [-0.15, -0.1) is 17.9 Å². The lowest BCUT2D eigenvalue weighted by Crippen LogP contribution is -2.42. The SMILES string of the molecule is C=CCN(CC(=O)N(Cc1ccc2c(c1)OCO2)Cc1cccs1)C(=O)CCCCCC. The molecule has 7 heteroatoms. The molecule has 0 radical (unpaired) electrons. The van der Waals surface area contributed by atoms with Gasteiger partial charge in [0.05, 0.1) is 6.54 Å². The molecule has 1 aromatic heterocycles. The summed E-state index contributed by atoms with van der Waals surface area (Å²) in [4.78, 5) is 30.6. The number of thiophene rings is 1. The first kappa shape index (κ1) is 23.9. The average molecular weight is 457 g/mol. The smallest absolute Gasteiger partial charge is 0.242 e. The Balaban J connectivity index is 1.68. The Labute approximate surface area is 194 Å². The van der Waals surface area contributed by atoms with Crippen molar-refractivity contribution in [2.24, 2.45) is 0 Å². The van der Waals surface area contributed by atoms with E-state index >= 15 is 0 Å². The van der Waals surface area contributed by atoms with Gasteiger partial charge in [0, 0.05) is 24.4 Å². The molecule has 172 valence electrons. The van der Waals surface area contributed by atoms with E-state index in [2.05, 4.69) is 13.5 Å². The van der Waals surface area contributed by atoms with Crippen LogP contribution >= 0.6 is 11.3 Å². The fourth-order valence-electron chi connectivity index (χ4n) is 3.62. The van der Waals surface area contributed by atoms with Crippen molar-refractivity contribution in [3.8, 4) is 11.5 Å². The summed E-state index contributed by atoms with van der Waals surface area (Å²) >= 11 is 1.62. The van der Waals surface area contributed by atoms with Crippen LogP contribution in [-0.2, 0) is 22.7 Å². The highest BCUT2D eigenvalue weighted by Gasteiger charge is 2.22. The van der Waals surface area contributed by atoms with Crippen molar-refractivity contribution >= 4 is 23.2 Å². The highest BCUT2D eigenvalue weighted by Crippen LogP contribution is 2.33. The fraction of sp³-hybridized carbons (Fsp3) is 0.440. The molecule has 0 fully saturated rings. The van der Waals surface area contributed by atoms with Gasteiger partial charge < -0.3 is 19.3 Å². The van der Waals surface area contributed by atoms with Crippen molar-refractivity contribution in [2.45, 2.75) is 52.1 Å². The van der Waals surface area contributed by atoms with Crippen molar-refractivity contribution in [2.75, 3.05) is 19.9 Å². The number of nitrogens with zero attached hydrogens (tertiary/aromatic N) is 2.